The predicted octanol–water partition coefficient (Wildman–Crippen LogP) is 4.37. The summed E-state index contributed by atoms with van der Waals surface area (Å²) in [6.45, 7) is 2.93. The maximum absolute atomic E-state index is 13.9. The highest BCUT2D eigenvalue weighted by atomic mass is 19.1. The average Bonchev–Trinajstić information content (AvgIpc) is 3.48. The lowest BCUT2D eigenvalue weighted by Crippen LogP contribution is -2.25. The summed E-state index contributed by atoms with van der Waals surface area (Å²) in [5.41, 5.74) is 2.24. The lowest BCUT2D eigenvalue weighted by molar-refractivity contribution is 0.207. The summed E-state index contributed by atoms with van der Waals surface area (Å²) in [5, 5.41) is 4.03. The monoisotopic (exact) mass is 397 g/mol. The highest BCUT2D eigenvalue weighted by molar-refractivity contribution is 5.54. The first-order valence-corrected chi connectivity index (χ1v) is 9.61. The molecule has 1 aliphatic rings. The van der Waals surface area contributed by atoms with Crippen LogP contribution in [-0.2, 0) is 13.1 Å². The smallest absolute Gasteiger partial charge is 0.241 e. The molecule has 3 aromatic rings. The highest BCUT2D eigenvalue weighted by Gasteiger charge is 2.31. The van der Waals surface area contributed by atoms with Gasteiger partial charge in [0.25, 0.3) is 0 Å². The van der Waals surface area contributed by atoms with Crippen molar-refractivity contribution in [3.8, 4) is 22.9 Å². The lowest BCUT2D eigenvalue weighted by Gasteiger charge is -2.21. The van der Waals surface area contributed by atoms with E-state index >= 15 is 0 Å². The topological polar surface area (TPSA) is 60.6 Å². The summed E-state index contributed by atoms with van der Waals surface area (Å²) in [6.07, 6.45) is 2.27. The Balaban J connectivity index is 1.53. The molecule has 0 unspecified atom stereocenters. The number of benzene rings is 2. The van der Waals surface area contributed by atoms with Crippen molar-refractivity contribution in [3.63, 3.8) is 0 Å². The molecule has 0 N–H and O–H groups in total. The summed E-state index contributed by atoms with van der Waals surface area (Å²) in [4.78, 5) is 6.77. The van der Waals surface area contributed by atoms with Crippen LogP contribution < -0.4 is 9.47 Å². The number of rotatable bonds is 8. The fourth-order valence-corrected chi connectivity index (χ4v) is 3.32. The zero-order valence-electron chi connectivity index (χ0n) is 16.8. The number of hydrogen-bond acceptors (Lipinski definition) is 6. The molecule has 0 aliphatic heterocycles. The molecule has 0 atom stereocenters. The minimum Gasteiger partial charge on any atom is -0.497 e. The summed E-state index contributed by atoms with van der Waals surface area (Å²) in [5.74, 6) is 2.23. The van der Waals surface area contributed by atoms with E-state index in [0.717, 1.165) is 29.9 Å². The number of nitrogens with zero attached hydrogens (tertiary/aromatic N) is 3. The minimum atomic E-state index is -0.279. The molecule has 0 radical (unpaired) electrons. The first-order valence-electron chi connectivity index (χ1n) is 9.61. The predicted molar refractivity (Wildman–Crippen MR) is 106 cm³/mol. The van der Waals surface area contributed by atoms with Gasteiger partial charge >= 0.3 is 0 Å². The number of ether oxygens (including phenoxy) is 2. The largest absolute Gasteiger partial charge is 0.497 e. The van der Waals surface area contributed by atoms with E-state index in [-0.39, 0.29) is 5.82 Å². The van der Waals surface area contributed by atoms with Crippen molar-refractivity contribution in [2.75, 3.05) is 14.2 Å². The van der Waals surface area contributed by atoms with Gasteiger partial charge in [0.05, 0.1) is 20.8 Å². The maximum Gasteiger partial charge on any atom is 0.241 e. The van der Waals surface area contributed by atoms with Gasteiger partial charge in [0, 0.05) is 23.7 Å². The number of halogens is 1. The van der Waals surface area contributed by atoms with Crippen molar-refractivity contribution in [2.24, 2.45) is 0 Å². The van der Waals surface area contributed by atoms with E-state index in [9.17, 15) is 4.39 Å². The Morgan fingerprint density at radius 2 is 1.93 bits per heavy atom. The standard InChI is InChI=1S/C22H24FN3O3/c1-14-4-5-15(11-19(14)23)22-24-21(29-25-22)13-26(17-6-7-17)12-16-10-18(27-2)8-9-20(16)28-3/h4-5,8-11,17H,6-7,12-13H2,1-3H3. The highest BCUT2D eigenvalue weighted by Crippen LogP contribution is 2.33. The minimum absolute atomic E-state index is 0.279. The molecule has 0 spiro atoms. The SMILES string of the molecule is COc1ccc(OC)c(CN(Cc2nc(-c3ccc(C)c(F)c3)no2)C2CC2)c1. The van der Waals surface area contributed by atoms with Crippen LogP contribution in [0.4, 0.5) is 4.39 Å². The van der Waals surface area contributed by atoms with Crippen LogP contribution in [0.15, 0.2) is 40.9 Å². The Morgan fingerprint density at radius 3 is 2.62 bits per heavy atom. The van der Waals surface area contributed by atoms with E-state index in [1.54, 1.807) is 33.3 Å². The lowest BCUT2D eigenvalue weighted by atomic mass is 10.1. The third-order valence-corrected chi connectivity index (χ3v) is 5.16. The fourth-order valence-electron chi connectivity index (χ4n) is 3.32. The molecular formula is C22H24FN3O3. The van der Waals surface area contributed by atoms with Crippen LogP contribution in [0, 0.1) is 12.7 Å². The summed E-state index contributed by atoms with van der Waals surface area (Å²) < 4.78 is 30.2. The second-order valence-electron chi connectivity index (χ2n) is 7.29. The molecule has 29 heavy (non-hydrogen) atoms. The van der Waals surface area contributed by atoms with Gasteiger partial charge < -0.3 is 14.0 Å². The summed E-state index contributed by atoms with van der Waals surface area (Å²) >= 11 is 0. The molecule has 4 rings (SSSR count). The van der Waals surface area contributed by atoms with E-state index < -0.39 is 0 Å². The van der Waals surface area contributed by atoms with Crippen LogP contribution in [0.3, 0.4) is 0 Å². The molecule has 7 heteroatoms. The quantitative estimate of drug-likeness (QED) is 0.563. The number of aromatic nitrogens is 2. The van der Waals surface area contributed by atoms with Crippen molar-refractivity contribution in [3.05, 3.63) is 59.2 Å². The van der Waals surface area contributed by atoms with Crippen LogP contribution in [0.1, 0.15) is 29.9 Å². The van der Waals surface area contributed by atoms with Crippen molar-refractivity contribution in [2.45, 2.75) is 38.9 Å². The number of aryl methyl sites for hydroxylation is 1. The first kappa shape index (κ1) is 19.4. The second kappa shape index (κ2) is 8.21. The van der Waals surface area contributed by atoms with Gasteiger partial charge in [-0.05, 0) is 49.6 Å². The third-order valence-electron chi connectivity index (χ3n) is 5.16. The molecule has 1 aliphatic carbocycles. The molecule has 2 aromatic carbocycles. The van der Waals surface area contributed by atoms with E-state index in [2.05, 4.69) is 15.0 Å². The Hall–Kier alpha value is -2.93. The third kappa shape index (κ3) is 4.40. The normalized spacial score (nSPS) is 13.7. The van der Waals surface area contributed by atoms with E-state index in [1.807, 2.05) is 18.2 Å². The van der Waals surface area contributed by atoms with Crippen LogP contribution in [0.2, 0.25) is 0 Å². The molecule has 152 valence electrons. The van der Waals surface area contributed by atoms with Crippen molar-refractivity contribution in [1.82, 2.24) is 15.0 Å². The van der Waals surface area contributed by atoms with Crippen LogP contribution in [-0.4, -0.2) is 35.3 Å². The van der Waals surface area contributed by atoms with Crippen molar-refractivity contribution >= 4 is 0 Å². The number of methoxy groups -OCH3 is 2. The Kier molecular flexibility index (Phi) is 5.49. The molecule has 0 amide bonds. The molecule has 1 fully saturated rings. The molecule has 0 bridgehead atoms. The zero-order chi connectivity index (χ0) is 20.4. The van der Waals surface area contributed by atoms with Crippen molar-refractivity contribution < 1.29 is 18.4 Å². The Morgan fingerprint density at radius 1 is 1.10 bits per heavy atom. The summed E-state index contributed by atoms with van der Waals surface area (Å²) in [6, 6.07) is 11.2. The average molecular weight is 397 g/mol. The summed E-state index contributed by atoms with van der Waals surface area (Å²) in [7, 11) is 3.32. The second-order valence-corrected chi connectivity index (χ2v) is 7.29. The number of hydrogen-bond donors (Lipinski definition) is 0. The van der Waals surface area contributed by atoms with Gasteiger partial charge in [-0.3, -0.25) is 4.90 Å². The maximum atomic E-state index is 13.9. The van der Waals surface area contributed by atoms with E-state index in [0.29, 0.717) is 42.0 Å². The Bertz CT molecular complexity index is 1000. The van der Waals surface area contributed by atoms with Gasteiger partial charge in [-0.15, -0.1) is 0 Å². The first-order chi connectivity index (χ1) is 14.1. The van der Waals surface area contributed by atoms with Gasteiger partial charge in [-0.1, -0.05) is 17.3 Å². The van der Waals surface area contributed by atoms with Gasteiger partial charge in [0.15, 0.2) is 0 Å². The fraction of sp³-hybridized carbons (Fsp3) is 0.364. The molecule has 1 saturated carbocycles. The van der Waals surface area contributed by atoms with Crippen molar-refractivity contribution in [1.29, 1.82) is 0 Å². The molecule has 0 saturated heterocycles. The molecule has 6 nitrogen and oxygen atoms in total. The van der Waals surface area contributed by atoms with Crippen LogP contribution >= 0.6 is 0 Å². The molecule has 1 aromatic heterocycles. The van der Waals surface area contributed by atoms with E-state index in [4.69, 9.17) is 14.0 Å². The zero-order valence-corrected chi connectivity index (χ0v) is 16.8. The van der Waals surface area contributed by atoms with Gasteiger partial charge in [0.1, 0.15) is 17.3 Å². The van der Waals surface area contributed by atoms with Gasteiger partial charge in [-0.25, -0.2) is 4.39 Å². The van der Waals surface area contributed by atoms with Gasteiger partial charge in [-0.2, -0.15) is 4.98 Å². The van der Waals surface area contributed by atoms with E-state index in [1.165, 1.54) is 6.07 Å². The Labute approximate surface area is 169 Å². The molecular weight excluding hydrogens is 373 g/mol. The molecule has 1 heterocycles. The van der Waals surface area contributed by atoms with Crippen LogP contribution in [0.5, 0.6) is 11.5 Å². The van der Waals surface area contributed by atoms with Crippen LogP contribution in [0.25, 0.3) is 11.4 Å². The van der Waals surface area contributed by atoms with Gasteiger partial charge in [0.2, 0.25) is 11.7 Å².